The number of aryl methyl sites for hydroxylation is 1. The predicted molar refractivity (Wildman–Crippen MR) is 102 cm³/mol. The molecule has 0 radical (unpaired) electrons. The molecule has 1 amide bonds. The fourth-order valence-corrected chi connectivity index (χ4v) is 3.33. The third-order valence-corrected chi connectivity index (χ3v) is 4.84. The summed E-state index contributed by atoms with van der Waals surface area (Å²) in [5.74, 6) is 0.354. The fraction of sp³-hybridized carbons (Fsp3) is 0.211. The van der Waals surface area contributed by atoms with Crippen LogP contribution in [-0.2, 0) is 11.3 Å². The summed E-state index contributed by atoms with van der Waals surface area (Å²) in [6.45, 7) is 4.53. The van der Waals surface area contributed by atoms with E-state index in [1.54, 1.807) is 6.07 Å². The highest BCUT2D eigenvalue weighted by Gasteiger charge is 2.15. The Morgan fingerprint density at radius 2 is 1.96 bits per heavy atom. The van der Waals surface area contributed by atoms with Crippen molar-refractivity contribution in [3.8, 4) is 11.4 Å². The van der Waals surface area contributed by atoms with E-state index in [9.17, 15) is 9.18 Å². The molecule has 0 aliphatic heterocycles. The number of hydrogen-bond acceptors (Lipinski definition) is 4. The molecule has 1 aromatic heterocycles. The monoisotopic (exact) mass is 370 g/mol. The molecule has 0 saturated carbocycles. The number of carbonyl (C=O) groups excluding carboxylic acids is 1. The van der Waals surface area contributed by atoms with Crippen LogP contribution in [0.15, 0.2) is 53.7 Å². The molecule has 0 fully saturated rings. The highest BCUT2D eigenvalue weighted by atomic mass is 32.2. The molecule has 0 spiro atoms. The Bertz CT molecular complexity index is 911. The molecule has 3 aromatic rings. The first kappa shape index (κ1) is 18.1. The van der Waals surface area contributed by atoms with Crippen molar-refractivity contribution in [3.05, 3.63) is 59.9 Å². The molecule has 0 bridgehead atoms. The van der Waals surface area contributed by atoms with Gasteiger partial charge in [0.05, 0.1) is 5.75 Å². The van der Waals surface area contributed by atoms with Crippen molar-refractivity contribution in [3.63, 3.8) is 0 Å². The molecule has 2 aromatic carbocycles. The van der Waals surface area contributed by atoms with E-state index in [1.165, 1.54) is 23.9 Å². The highest BCUT2D eigenvalue weighted by molar-refractivity contribution is 7.99. The van der Waals surface area contributed by atoms with Gasteiger partial charge in [-0.05, 0) is 31.5 Å². The van der Waals surface area contributed by atoms with Gasteiger partial charge in [0.25, 0.3) is 0 Å². The Labute approximate surface area is 155 Å². The van der Waals surface area contributed by atoms with Gasteiger partial charge in [0.2, 0.25) is 5.91 Å². The fourth-order valence-electron chi connectivity index (χ4n) is 2.53. The van der Waals surface area contributed by atoms with Crippen molar-refractivity contribution in [1.29, 1.82) is 0 Å². The van der Waals surface area contributed by atoms with Crippen molar-refractivity contribution in [2.75, 3.05) is 11.1 Å². The molecule has 134 valence electrons. The molecule has 0 atom stereocenters. The molecule has 1 N–H and O–H groups in total. The second-order valence-corrected chi connectivity index (χ2v) is 6.66. The van der Waals surface area contributed by atoms with Gasteiger partial charge >= 0.3 is 0 Å². The zero-order valence-electron chi connectivity index (χ0n) is 14.6. The Balaban J connectivity index is 1.69. The molecular weight excluding hydrogens is 351 g/mol. The summed E-state index contributed by atoms with van der Waals surface area (Å²) in [7, 11) is 0. The molecule has 5 nitrogen and oxygen atoms in total. The van der Waals surface area contributed by atoms with Crippen molar-refractivity contribution in [2.45, 2.75) is 25.5 Å². The minimum atomic E-state index is -0.378. The molecular formula is C19H19FN4OS. The molecule has 0 aliphatic rings. The van der Waals surface area contributed by atoms with Gasteiger partial charge in [-0.3, -0.25) is 4.79 Å². The van der Waals surface area contributed by atoms with E-state index >= 15 is 0 Å². The van der Waals surface area contributed by atoms with Crippen LogP contribution < -0.4 is 5.32 Å². The zero-order valence-corrected chi connectivity index (χ0v) is 15.4. The van der Waals surface area contributed by atoms with Crippen molar-refractivity contribution in [2.24, 2.45) is 0 Å². The van der Waals surface area contributed by atoms with Crippen LogP contribution in [0.1, 0.15) is 12.5 Å². The second kappa shape index (κ2) is 8.14. The third-order valence-electron chi connectivity index (χ3n) is 3.87. The lowest BCUT2D eigenvalue weighted by atomic mass is 10.2. The molecule has 7 heteroatoms. The van der Waals surface area contributed by atoms with Crippen molar-refractivity contribution < 1.29 is 9.18 Å². The van der Waals surface area contributed by atoms with E-state index in [0.29, 0.717) is 17.4 Å². The number of rotatable bonds is 6. The largest absolute Gasteiger partial charge is 0.325 e. The van der Waals surface area contributed by atoms with Gasteiger partial charge in [-0.25, -0.2) is 4.39 Å². The van der Waals surface area contributed by atoms with E-state index in [4.69, 9.17) is 0 Å². The van der Waals surface area contributed by atoms with Crippen LogP contribution in [0.4, 0.5) is 10.1 Å². The lowest BCUT2D eigenvalue weighted by molar-refractivity contribution is -0.113. The van der Waals surface area contributed by atoms with Crippen molar-refractivity contribution >= 4 is 23.4 Å². The molecule has 0 aliphatic carbocycles. The van der Waals surface area contributed by atoms with Crippen LogP contribution in [-0.4, -0.2) is 26.4 Å². The molecule has 0 unspecified atom stereocenters. The van der Waals surface area contributed by atoms with E-state index in [0.717, 1.165) is 17.0 Å². The lowest BCUT2D eigenvalue weighted by Crippen LogP contribution is -2.15. The second-order valence-electron chi connectivity index (χ2n) is 5.71. The van der Waals surface area contributed by atoms with Gasteiger partial charge in [-0.1, -0.05) is 48.2 Å². The first-order valence-corrected chi connectivity index (χ1v) is 9.24. The number of nitrogens with zero attached hydrogens (tertiary/aromatic N) is 3. The van der Waals surface area contributed by atoms with Crippen LogP contribution in [0.3, 0.4) is 0 Å². The van der Waals surface area contributed by atoms with Gasteiger partial charge in [-0.15, -0.1) is 10.2 Å². The molecule has 1 heterocycles. The summed E-state index contributed by atoms with van der Waals surface area (Å²) in [6, 6.07) is 14.1. The third kappa shape index (κ3) is 4.11. The molecule has 3 rings (SSSR count). The van der Waals surface area contributed by atoms with Crippen LogP contribution in [0.5, 0.6) is 0 Å². The van der Waals surface area contributed by atoms with Gasteiger partial charge < -0.3 is 9.88 Å². The number of amides is 1. The Morgan fingerprint density at radius 3 is 2.69 bits per heavy atom. The van der Waals surface area contributed by atoms with Gasteiger partial charge in [0.15, 0.2) is 11.0 Å². The lowest BCUT2D eigenvalue weighted by Gasteiger charge is -2.09. The van der Waals surface area contributed by atoms with Crippen LogP contribution in [0, 0.1) is 12.7 Å². The van der Waals surface area contributed by atoms with Gasteiger partial charge in [-0.2, -0.15) is 0 Å². The van der Waals surface area contributed by atoms with E-state index < -0.39 is 0 Å². The number of halogens is 1. The van der Waals surface area contributed by atoms with E-state index in [1.807, 2.05) is 48.7 Å². The molecule has 0 saturated heterocycles. The predicted octanol–water partition coefficient (Wildman–Crippen LogP) is 4.14. The first-order valence-electron chi connectivity index (χ1n) is 8.26. The minimum Gasteiger partial charge on any atom is -0.325 e. The SMILES string of the molecule is CCn1c(SCC(=O)Nc2cc(F)ccc2C)nnc1-c1ccccc1. The number of thioether (sulfide) groups is 1. The standard InChI is InChI=1S/C19H19FN4OS/c1-3-24-18(14-7-5-4-6-8-14)22-23-19(24)26-12-17(25)21-16-11-15(20)10-9-13(16)2/h4-11H,3,12H2,1-2H3,(H,21,25). The average Bonchev–Trinajstić information content (AvgIpc) is 3.06. The number of carbonyl (C=O) groups is 1. The van der Waals surface area contributed by atoms with E-state index in [-0.39, 0.29) is 17.5 Å². The smallest absolute Gasteiger partial charge is 0.234 e. The zero-order chi connectivity index (χ0) is 18.5. The Kier molecular flexibility index (Phi) is 5.68. The number of anilines is 1. The Morgan fingerprint density at radius 1 is 1.19 bits per heavy atom. The first-order chi connectivity index (χ1) is 12.6. The minimum absolute atomic E-state index is 0.170. The highest BCUT2D eigenvalue weighted by Crippen LogP contribution is 2.24. The summed E-state index contributed by atoms with van der Waals surface area (Å²) in [4.78, 5) is 12.2. The molecule has 26 heavy (non-hydrogen) atoms. The number of hydrogen-bond donors (Lipinski definition) is 1. The van der Waals surface area contributed by atoms with E-state index in [2.05, 4.69) is 15.5 Å². The quantitative estimate of drug-likeness (QED) is 0.663. The maximum Gasteiger partial charge on any atom is 0.234 e. The van der Waals surface area contributed by atoms with Gasteiger partial charge in [0, 0.05) is 17.8 Å². The van der Waals surface area contributed by atoms with Crippen LogP contribution >= 0.6 is 11.8 Å². The van der Waals surface area contributed by atoms with Gasteiger partial charge in [0.1, 0.15) is 5.82 Å². The van der Waals surface area contributed by atoms with Crippen LogP contribution in [0.2, 0.25) is 0 Å². The summed E-state index contributed by atoms with van der Waals surface area (Å²) in [5, 5.41) is 11.9. The number of benzene rings is 2. The van der Waals surface area contributed by atoms with Crippen molar-refractivity contribution in [1.82, 2.24) is 14.8 Å². The topological polar surface area (TPSA) is 59.8 Å². The summed E-state index contributed by atoms with van der Waals surface area (Å²) in [6.07, 6.45) is 0. The maximum atomic E-state index is 13.3. The maximum absolute atomic E-state index is 13.3. The summed E-state index contributed by atoms with van der Waals surface area (Å²) in [5.41, 5.74) is 2.28. The Hall–Kier alpha value is -2.67. The summed E-state index contributed by atoms with van der Waals surface area (Å²) < 4.78 is 15.3. The summed E-state index contributed by atoms with van der Waals surface area (Å²) >= 11 is 1.31. The normalized spacial score (nSPS) is 10.7. The number of nitrogens with one attached hydrogen (secondary N) is 1. The number of aromatic nitrogens is 3. The average molecular weight is 370 g/mol. The van der Waals surface area contributed by atoms with Crippen LogP contribution in [0.25, 0.3) is 11.4 Å².